The first kappa shape index (κ1) is 18.3. The lowest BCUT2D eigenvalue weighted by Gasteiger charge is -2.28. The SMILES string of the molecule is CNc1c([N+](=O)[O-])ncc(Oc2cnn3ccc(N4CCOCC4)cc23)c1Cl. The Morgan fingerprint density at radius 3 is 2.82 bits per heavy atom. The van der Waals surface area contributed by atoms with Gasteiger partial charge in [-0.1, -0.05) is 11.6 Å². The smallest absolute Gasteiger partial charge is 0.388 e. The molecule has 0 amide bonds. The molecule has 0 bridgehead atoms. The van der Waals surface area contributed by atoms with Crippen LogP contribution in [0, 0.1) is 10.1 Å². The van der Waals surface area contributed by atoms with Crippen LogP contribution in [0.5, 0.6) is 11.5 Å². The molecule has 1 N–H and O–H groups in total. The number of anilines is 2. The zero-order valence-corrected chi connectivity index (χ0v) is 15.7. The Morgan fingerprint density at radius 1 is 1.32 bits per heavy atom. The predicted octanol–water partition coefficient (Wildman–Crippen LogP) is 2.96. The summed E-state index contributed by atoms with van der Waals surface area (Å²) < 4.78 is 13.0. The number of halogens is 1. The van der Waals surface area contributed by atoms with Crippen molar-refractivity contribution in [1.29, 1.82) is 0 Å². The fraction of sp³-hybridized carbons (Fsp3) is 0.294. The van der Waals surface area contributed by atoms with Crippen LogP contribution in [-0.4, -0.2) is 52.9 Å². The van der Waals surface area contributed by atoms with Crippen LogP contribution in [0.3, 0.4) is 0 Å². The van der Waals surface area contributed by atoms with Gasteiger partial charge in [0, 0.05) is 32.0 Å². The van der Waals surface area contributed by atoms with Gasteiger partial charge in [0.05, 0.1) is 19.4 Å². The number of fused-ring (bicyclic) bond motifs is 1. The minimum atomic E-state index is -0.606. The fourth-order valence-electron chi connectivity index (χ4n) is 3.06. The third-order valence-corrected chi connectivity index (χ3v) is 4.83. The van der Waals surface area contributed by atoms with Gasteiger partial charge in [-0.2, -0.15) is 5.10 Å². The van der Waals surface area contributed by atoms with E-state index in [0.29, 0.717) is 19.0 Å². The van der Waals surface area contributed by atoms with E-state index in [1.54, 1.807) is 10.7 Å². The van der Waals surface area contributed by atoms with Gasteiger partial charge < -0.3 is 29.8 Å². The van der Waals surface area contributed by atoms with Crippen molar-refractivity contribution in [1.82, 2.24) is 14.6 Å². The third-order valence-electron chi connectivity index (χ3n) is 4.45. The average Bonchev–Trinajstić information content (AvgIpc) is 3.12. The molecule has 1 aliphatic heterocycles. The topological polar surface area (TPSA) is 107 Å². The number of ether oxygens (including phenoxy) is 2. The van der Waals surface area contributed by atoms with Crippen LogP contribution in [0.25, 0.3) is 5.52 Å². The van der Waals surface area contributed by atoms with Gasteiger partial charge in [-0.25, -0.2) is 4.52 Å². The van der Waals surface area contributed by atoms with Gasteiger partial charge in [0.1, 0.15) is 10.5 Å². The summed E-state index contributed by atoms with van der Waals surface area (Å²) in [5.41, 5.74) is 1.86. The maximum Gasteiger partial charge on any atom is 0.388 e. The summed E-state index contributed by atoms with van der Waals surface area (Å²) in [6.45, 7) is 2.99. The number of pyridine rings is 2. The Morgan fingerprint density at radius 2 is 2.11 bits per heavy atom. The largest absolute Gasteiger partial charge is 0.448 e. The van der Waals surface area contributed by atoms with Crippen molar-refractivity contribution in [3.05, 3.63) is 45.9 Å². The molecule has 28 heavy (non-hydrogen) atoms. The van der Waals surface area contributed by atoms with Gasteiger partial charge in [-0.3, -0.25) is 0 Å². The van der Waals surface area contributed by atoms with Gasteiger partial charge in [-0.15, -0.1) is 0 Å². The standard InChI is InChI=1S/C17H17ClN6O4/c1-19-16-15(18)14(9-20-17(16)24(25)26)28-13-10-21-23-3-2-11(8-12(13)23)22-4-6-27-7-5-22/h2-3,8-10,19H,4-7H2,1H3. The monoisotopic (exact) mass is 404 g/mol. The van der Waals surface area contributed by atoms with E-state index < -0.39 is 4.92 Å². The first-order valence-electron chi connectivity index (χ1n) is 8.57. The summed E-state index contributed by atoms with van der Waals surface area (Å²) in [4.78, 5) is 16.6. The zero-order valence-electron chi connectivity index (χ0n) is 15.0. The van der Waals surface area contributed by atoms with Crippen molar-refractivity contribution in [2.75, 3.05) is 43.6 Å². The summed E-state index contributed by atoms with van der Waals surface area (Å²) in [6, 6.07) is 3.95. The molecule has 1 aliphatic rings. The number of nitrogens with zero attached hydrogens (tertiary/aromatic N) is 5. The Labute approximate surface area is 164 Å². The molecule has 0 spiro atoms. The number of nitrogens with one attached hydrogen (secondary N) is 1. The zero-order chi connectivity index (χ0) is 19.7. The molecule has 0 atom stereocenters. The van der Waals surface area contributed by atoms with E-state index in [9.17, 15) is 10.1 Å². The quantitative estimate of drug-likeness (QED) is 0.511. The molecule has 1 saturated heterocycles. The highest BCUT2D eigenvalue weighted by molar-refractivity contribution is 6.35. The maximum absolute atomic E-state index is 11.1. The van der Waals surface area contributed by atoms with E-state index in [0.717, 1.165) is 24.3 Å². The first-order chi connectivity index (χ1) is 13.6. The lowest BCUT2D eigenvalue weighted by atomic mass is 10.3. The van der Waals surface area contributed by atoms with Crippen LogP contribution in [0.1, 0.15) is 0 Å². The van der Waals surface area contributed by atoms with Gasteiger partial charge in [0.25, 0.3) is 0 Å². The summed E-state index contributed by atoms with van der Waals surface area (Å²) in [7, 11) is 1.53. The minimum Gasteiger partial charge on any atom is -0.448 e. The van der Waals surface area contributed by atoms with Crippen LogP contribution in [-0.2, 0) is 4.74 Å². The molecule has 4 rings (SSSR count). The Bertz CT molecular complexity index is 1030. The summed E-state index contributed by atoms with van der Waals surface area (Å²) in [5, 5.41) is 18.2. The third kappa shape index (κ3) is 3.27. The summed E-state index contributed by atoms with van der Waals surface area (Å²) >= 11 is 6.30. The molecule has 0 unspecified atom stereocenters. The normalized spacial score (nSPS) is 14.3. The summed E-state index contributed by atoms with van der Waals surface area (Å²) in [6.07, 6.45) is 4.65. The Kier molecular flexibility index (Phi) is 4.88. The highest BCUT2D eigenvalue weighted by Crippen LogP contribution is 2.40. The van der Waals surface area contributed by atoms with Crippen molar-refractivity contribution in [2.45, 2.75) is 0 Å². The van der Waals surface area contributed by atoms with Crippen molar-refractivity contribution < 1.29 is 14.4 Å². The second-order valence-electron chi connectivity index (χ2n) is 6.07. The van der Waals surface area contributed by atoms with Gasteiger partial charge in [-0.05, 0) is 22.0 Å². The molecule has 4 heterocycles. The first-order valence-corrected chi connectivity index (χ1v) is 8.95. The van der Waals surface area contributed by atoms with E-state index in [2.05, 4.69) is 20.3 Å². The maximum atomic E-state index is 11.1. The highest BCUT2D eigenvalue weighted by Gasteiger charge is 2.23. The second-order valence-corrected chi connectivity index (χ2v) is 6.45. The van der Waals surface area contributed by atoms with E-state index in [-0.39, 0.29) is 22.3 Å². The molecule has 1 fully saturated rings. The molecule has 0 aromatic carbocycles. The van der Waals surface area contributed by atoms with Crippen molar-refractivity contribution in [3.8, 4) is 11.5 Å². The van der Waals surface area contributed by atoms with Crippen LogP contribution < -0.4 is 15.0 Å². The molecule has 146 valence electrons. The minimum absolute atomic E-state index is 0.0767. The van der Waals surface area contributed by atoms with Gasteiger partial charge in [0.2, 0.25) is 0 Å². The molecule has 0 saturated carbocycles. The number of aromatic nitrogens is 3. The van der Waals surface area contributed by atoms with E-state index in [1.807, 2.05) is 18.3 Å². The molecule has 10 nitrogen and oxygen atoms in total. The fourth-order valence-corrected chi connectivity index (χ4v) is 3.32. The van der Waals surface area contributed by atoms with Crippen molar-refractivity contribution in [3.63, 3.8) is 0 Å². The molecular weight excluding hydrogens is 388 g/mol. The molecule has 0 aliphatic carbocycles. The predicted molar refractivity (Wildman–Crippen MR) is 104 cm³/mol. The Hall–Kier alpha value is -3.11. The summed E-state index contributed by atoms with van der Waals surface area (Å²) in [5.74, 6) is 0.298. The molecule has 3 aromatic heterocycles. The van der Waals surface area contributed by atoms with Crippen LogP contribution >= 0.6 is 11.6 Å². The number of hydrogen-bond donors (Lipinski definition) is 1. The highest BCUT2D eigenvalue weighted by atomic mass is 35.5. The van der Waals surface area contributed by atoms with Crippen LogP contribution in [0.15, 0.2) is 30.7 Å². The molecule has 3 aromatic rings. The van der Waals surface area contributed by atoms with E-state index >= 15 is 0 Å². The Balaban J connectivity index is 1.69. The van der Waals surface area contributed by atoms with Crippen molar-refractivity contribution in [2.24, 2.45) is 0 Å². The lowest BCUT2D eigenvalue weighted by molar-refractivity contribution is -0.388. The van der Waals surface area contributed by atoms with Crippen molar-refractivity contribution >= 4 is 34.3 Å². The lowest BCUT2D eigenvalue weighted by Crippen LogP contribution is -2.36. The number of nitro groups is 1. The van der Waals surface area contributed by atoms with Gasteiger partial charge in [0.15, 0.2) is 23.4 Å². The van der Waals surface area contributed by atoms with E-state index in [1.165, 1.54) is 13.2 Å². The molecule has 0 radical (unpaired) electrons. The number of rotatable bonds is 5. The number of hydrogen-bond acceptors (Lipinski definition) is 8. The van der Waals surface area contributed by atoms with E-state index in [4.69, 9.17) is 21.1 Å². The average molecular weight is 405 g/mol. The molecular formula is C17H17ClN6O4. The number of morpholine rings is 1. The van der Waals surface area contributed by atoms with Crippen LogP contribution in [0.4, 0.5) is 17.2 Å². The second kappa shape index (κ2) is 7.49. The molecule has 11 heteroatoms. The van der Waals surface area contributed by atoms with Gasteiger partial charge >= 0.3 is 5.82 Å². The van der Waals surface area contributed by atoms with Crippen LogP contribution in [0.2, 0.25) is 5.02 Å².